The van der Waals surface area contributed by atoms with E-state index in [1.165, 1.54) is 25.3 Å². The number of ether oxygens (including phenoxy) is 1. The predicted molar refractivity (Wildman–Crippen MR) is 108 cm³/mol. The van der Waals surface area contributed by atoms with E-state index in [0.717, 1.165) is 5.56 Å². The van der Waals surface area contributed by atoms with Crippen LogP contribution in [0.25, 0.3) is 0 Å². The van der Waals surface area contributed by atoms with E-state index in [-0.39, 0.29) is 24.3 Å². The SMILES string of the molecule is CO[C@]1(c2ccc(Cl)cc2F)CC[C@](O)(COS(=O)(=O)c2ccc(C)cc2)CC1. The molecule has 0 unspecified atom stereocenters. The van der Waals surface area contributed by atoms with Gasteiger partial charge in [-0.3, -0.25) is 4.18 Å². The number of aliphatic hydroxyl groups is 1. The van der Waals surface area contributed by atoms with Crippen LogP contribution >= 0.6 is 11.6 Å². The minimum Gasteiger partial charge on any atom is -0.387 e. The first-order chi connectivity index (χ1) is 13.6. The third kappa shape index (κ3) is 4.81. The molecule has 1 saturated carbocycles. The Kier molecular flexibility index (Phi) is 6.36. The lowest BCUT2D eigenvalue weighted by Crippen LogP contribution is -2.45. The van der Waals surface area contributed by atoms with Crippen LogP contribution in [0.1, 0.15) is 36.8 Å². The van der Waals surface area contributed by atoms with Crippen LogP contribution in [0.3, 0.4) is 0 Å². The molecule has 1 aliphatic carbocycles. The van der Waals surface area contributed by atoms with Gasteiger partial charge in [-0.25, -0.2) is 4.39 Å². The average molecular weight is 443 g/mol. The summed E-state index contributed by atoms with van der Waals surface area (Å²) in [6.45, 7) is 1.49. The van der Waals surface area contributed by atoms with Crippen molar-refractivity contribution in [2.75, 3.05) is 13.7 Å². The van der Waals surface area contributed by atoms with Gasteiger partial charge in [0.25, 0.3) is 10.1 Å². The predicted octanol–water partition coefficient (Wildman–Crippen LogP) is 4.34. The fourth-order valence-corrected chi connectivity index (χ4v) is 4.80. The van der Waals surface area contributed by atoms with E-state index in [1.807, 2.05) is 6.92 Å². The molecule has 0 radical (unpaired) electrons. The van der Waals surface area contributed by atoms with Crippen LogP contribution in [-0.4, -0.2) is 32.8 Å². The molecule has 0 saturated heterocycles. The Balaban J connectivity index is 1.70. The molecule has 158 valence electrons. The zero-order valence-corrected chi connectivity index (χ0v) is 17.9. The highest BCUT2D eigenvalue weighted by Crippen LogP contribution is 2.45. The Bertz CT molecular complexity index is 967. The summed E-state index contributed by atoms with van der Waals surface area (Å²) in [6.07, 6.45) is 1.03. The molecule has 2 aromatic rings. The largest absolute Gasteiger partial charge is 0.387 e. The maximum absolute atomic E-state index is 14.4. The van der Waals surface area contributed by atoms with Gasteiger partial charge in [0.05, 0.1) is 22.7 Å². The molecule has 8 heteroatoms. The molecule has 0 spiro atoms. The maximum Gasteiger partial charge on any atom is 0.297 e. The highest BCUT2D eigenvalue weighted by molar-refractivity contribution is 7.86. The lowest BCUT2D eigenvalue weighted by atomic mass is 9.73. The zero-order chi connectivity index (χ0) is 21.3. The van der Waals surface area contributed by atoms with E-state index < -0.39 is 27.1 Å². The van der Waals surface area contributed by atoms with Gasteiger partial charge in [-0.05, 0) is 56.9 Å². The molecule has 2 aromatic carbocycles. The molecule has 5 nitrogen and oxygen atoms in total. The summed E-state index contributed by atoms with van der Waals surface area (Å²) in [7, 11) is -2.48. The molecule has 1 fully saturated rings. The summed E-state index contributed by atoms with van der Waals surface area (Å²) >= 11 is 5.84. The van der Waals surface area contributed by atoms with E-state index >= 15 is 0 Å². The number of halogens is 2. The zero-order valence-electron chi connectivity index (χ0n) is 16.3. The Morgan fingerprint density at radius 2 is 1.72 bits per heavy atom. The van der Waals surface area contributed by atoms with Crippen molar-refractivity contribution in [2.24, 2.45) is 0 Å². The smallest absolute Gasteiger partial charge is 0.297 e. The van der Waals surface area contributed by atoms with Crippen molar-refractivity contribution in [1.29, 1.82) is 0 Å². The van der Waals surface area contributed by atoms with Crippen LogP contribution in [0.2, 0.25) is 5.02 Å². The average Bonchev–Trinajstić information content (AvgIpc) is 2.68. The maximum atomic E-state index is 14.4. The summed E-state index contributed by atoms with van der Waals surface area (Å²) in [4.78, 5) is 0.0389. The third-order valence-electron chi connectivity index (χ3n) is 5.59. The van der Waals surface area contributed by atoms with E-state index in [4.69, 9.17) is 20.5 Å². The van der Waals surface area contributed by atoms with Crippen molar-refractivity contribution in [1.82, 2.24) is 0 Å². The van der Waals surface area contributed by atoms with Gasteiger partial charge in [0.2, 0.25) is 0 Å². The van der Waals surface area contributed by atoms with Crippen LogP contribution in [0, 0.1) is 12.7 Å². The summed E-state index contributed by atoms with van der Waals surface area (Å²) in [6, 6.07) is 10.7. The molecule has 3 rings (SSSR count). The van der Waals surface area contributed by atoms with Crippen LogP contribution in [-0.2, 0) is 24.6 Å². The first kappa shape index (κ1) is 22.2. The van der Waals surface area contributed by atoms with Gasteiger partial charge in [-0.1, -0.05) is 35.4 Å². The van der Waals surface area contributed by atoms with Crippen molar-refractivity contribution in [2.45, 2.75) is 48.7 Å². The molecule has 1 aliphatic rings. The number of hydrogen-bond acceptors (Lipinski definition) is 5. The molecule has 0 aromatic heterocycles. The highest BCUT2D eigenvalue weighted by atomic mass is 35.5. The van der Waals surface area contributed by atoms with Gasteiger partial charge in [-0.2, -0.15) is 8.42 Å². The Labute approximate surface area is 175 Å². The van der Waals surface area contributed by atoms with E-state index in [2.05, 4.69) is 0 Å². The number of methoxy groups -OCH3 is 1. The van der Waals surface area contributed by atoms with Gasteiger partial charge >= 0.3 is 0 Å². The van der Waals surface area contributed by atoms with Crippen molar-refractivity contribution in [3.63, 3.8) is 0 Å². The first-order valence-electron chi connectivity index (χ1n) is 9.28. The summed E-state index contributed by atoms with van der Waals surface area (Å²) in [5.74, 6) is -0.469. The number of hydrogen-bond donors (Lipinski definition) is 1. The minimum absolute atomic E-state index is 0.0389. The normalized spacial score (nSPS) is 25.1. The second-order valence-corrected chi connectivity index (χ2v) is 9.63. The van der Waals surface area contributed by atoms with Crippen LogP contribution in [0.4, 0.5) is 4.39 Å². The second-order valence-electron chi connectivity index (χ2n) is 7.58. The lowest BCUT2D eigenvalue weighted by Gasteiger charge is -2.43. The fourth-order valence-electron chi connectivity index (χ4n) is 3.67. The third-order valence-corrected chi connectivity index (χ3v) is 7.11. The molecule has 0 amide bonds. The second kappa shape index (κ2) is 8.32. The molecular weight excluding hydrogens is 419 g/mol. The molecule has 0 heterocycles. The molecule has 29 heavy (non-hydrogen) atoms. The summed E-state index contributed by atoms with van der Waals surface area (Å²) in [5, 5.41) is 11.1. The van der Waals surface area contributed by atoms with Crippen LogP contribution in [0.15, 0.2) is 47.4 Å². The molecule has 0 aliphatic heterocycles. The highest BCUT2D eigenvalue weighted by Gasteiger charge is 2.45. The van der Waals surface area contributed by atoms with Crippen molar-refractivity contribution in [3.8, 4) is 0 Å². The van der Waals surface area contributed by atoms with Crippen molar-refractivity contribution >= 4 is 21.7 Å². The Morgan fingerprint density at radius 1 is 1.10 bits per heavy atom. The van der Waals surface area contributed by atoms with Crippen LogP contribution < -0.4 is 0 Å². The number of benzene rings is 2. The number of aryl methyl sites for hydroxylation is 1. The molecule has 0 bridgehead atoms. The van der Waals surface area contributed by atoms with Crippen molar-refractivity contribution < 1.29 is 26.8 Å². The minimum atomic E-state index is -3.98. The van der Waals surface area contributed by atoms with Crippen molar-refractivity contribution in [3.05, 3.63) is 64.4 Å². The van der Waals surface area contributed by atoms with Gasteiger partial charge in [0.1, 0.15) is 5.82 Å². The van der Waals surface area contributed by atoms with Gasteiger partial charge < -0.3 is 9.84 Å². The monoisotopic (exact) mass is 442 g/mol. The fraction of sp³-hybridized carbons (Fsp3) is 0.429. The number of rotatable bonds is 6. The Hall–Kier alpha value is -1.51. The lowest BCUT2D eigenvalue weighted by molar-refractivity contribution is -0.117. The van der Waals surface area contributed by atoms with Crippen LogP contribution in [0.5, 0.6) is 0 Å². The quantitative estimate of drug-likeness (QED) is 0.674. The van der Waals surface area contributed by atoms with Gasteiger partial charge in [0, 0.05) is 17.7 Å². The molecular formula is C21H24ClFO5S. The van der Waals surface area contributed by atoms with Gasteiger partial charge in [0.15, 0.2) is 0 Å². The summed E-state index contributed by atoms with van der Waals surface area (Å²) < 4.78 is 50.0. The topological polar surface area (TPSA) is 72.8 Å². The van der Waals surface area contributed by atoms with Gasteiger partial charge in [-0.15, -0.1) is 0 Å². The standard InChI is InChI=1S/C21H24ClFO5S/c1-15-3-6-17(7-4-15)29(25,26)28-14-20(24)9-11-21(27-2,12-10-20)18-8-5-16(22)13-19(18)23/h3-8,13,24H,9-12,14H2,1-2H3/t20-,21-. The molecule has 0 atom stereocenters. The van der Waals surface area contributed by atoms with E-state index in [9.17, 15) is 17.9 Å². The van der Waals surface area contributed by atoms with E-state index in [1.54, 1.807) is 24.3 Å². The first-order valence-corrected chi connectivity index (χ1v) is 11.1. The Morgan fingerprint density at radius 3 is 2.28 bits per heavy atom. The summed E-state index contributed by atoms with van der Waals surface area (Å²) in [5.41, 5.74) is -0.945. The van der Waals surface area contributed by atoms with E-state index in [0.29, 0.717) is 23.4 Å². The molecule has 1 N–H and O–H groups in total.